The lowest BCUT2D eigenvalue weighted by Gasteiger charge is -2.40. The van der Waals surface area contributed by atoms with E-state index in [-0.39, 0.29) is 18.3 Å². The number of hydrogen-bond donors (Lipinski definition) is 1. The van der Waals surface area contributed by atoms with Crippen LogP contribution < -0.4 is 5.32 Å². The Kier molecular flexibility index (Phi) is 5.39. The summed E-state index contributed by atoms with van der Waals surface area (Å²) in [7, 11) is 0. The fourth-order valence-electron chi connectivity index (χ4n) is 2.98. The van der Waals surface area contributed by atoms with Crippen LogP contribution in [0.15, 0.2) is 17.1 Å². The van der Waals surface area contributed by atoms with Crippen LogP contribution in [0.4, 0.5) is 0 Å². The van der Waals surface area contributed by atoms with Crippen molar-refractivity contribution in [3.63, 3.8) is 0 Å². The number of aromatic nitrogens is 1. The van der Waals surface area contributed by atoms with E-state index < -0.39 is 0 Å². The predicted octanol–water partition coefficient (Wildman–Crippen LogP) is 0.493. The summed E-state index contributed by atoms with van der Waals surface area (Å²) in [5.41, 5.74) is 0.965. The number of carbonyl (C=O) groups is 1. The molecule has 1 amide bonds. The normalized spacial score (nSPS) is 24.5. The van der Waals surface area contributed by atoms with E-state index >= 15 is 0 Å². The van der Waals surface area contributed by atoms with Gasteiger partial charge in [-0.15, -0.1) is 12.4 Å². The highest BCUT2D eigenvalue weighted by atomic mass is 35.5. The van der Waals surface area contributed by atoms with Gasteiger partial charge in [0, 0.05) is 32.2 Å². The van der Waals surface area contributed by atoms with Gasteiger partial charge in [-0.25, -0.2) is 4.98 Å². The maximum absolute atomic E-state index is 11.9. The molecule has 2 saturated heterocycles. The largest absolute Gasteiger partial charge is 0.451 e. The Bertz CT molecular complexity index is 426. The number of oxazole rings is 1. The van der Waals surface area contributed by atoms with Crippen molar-refractivity contribution in [2.45, 2.75) is 25.4 Å². The molecule has 2 aliphatic heterocycles. The zero-order chi connectivity index (χ0) is 13.1. The lowest BCUT2D eigenvalue weighted by molar-refractivity contribution is -0.135. The van der Waals surface area contributed by atoms with Crippen LogP contribution in [0.25, 0.3) is 0 Å². The number of amides is 1. The van der Waals surface area contributed by atoms with Crippen molar-refractivity contribution in [3.8, 4) is 0 Å². The molecule has 1 N–H and O–H groups in total. The Labute approximate surface area is 124 Å². The van der Waals surface area contributed by atoms with Crippen LogP contribution in [0.3, 0.4) is 0 Å². The second-order valence-corrected chi connectivity index (χ2v) is 5.27. The molecule has 7 heteroatoms. The Morgan fingerprint density at radius 1 is 1.45 bits per heavy atom. The number of nitrogens with zero attached hydrogens (tertiary/aromatic N) is 3. The zero-order valence-electron chi connectivity index (χ0n) is 11.5. The molecule has 1 unspecified atom stereocenters. The second kappa shape index (κ2) is 7.06. The maximum atomic E-state index is 11.9. The topological polar surface area (TPSA) is 61.6 Å². The average Bonchev–Trinajstić information content (AvgIpc) is 2.92. The lowest BCUT2D eigenvalue weighted by Crippen LogP contribution is -2.56. The number of carbonyl (C=O) groups excluding carboxylic acids is 1. The van der Waals surface area contributed by atoms with Crippen molar-refractivity contribution in [3.05, 3.63) is 18.4 Å². The molecule has 6 nitrogen and oxygen atoms in total. The molecule has 0 spiro atoms. The van der Waals surface area contributed by atoms with E-state index in [0.717, 1.165) is 51.3 Å². The summed E-state index contributed by atoms with van der Waals surface area (Å²) in [6, 6.07) is 0.357. The number of halogens is 1. The number of piperazine rings is 1. The third-order valence-electron chi connectivity index (χ3n) is 3.92. The molecule has 112 valence electrons. The Hall–Kier alpha value is -1.11. The number of nitrogens with one attached hydrogen (secondary N) is 1. The minimum atomic E-state index is 0. The molecular formula is C13H21ClN4O2. The van der Waals surface area contributed by atoms with E-state index in [2.05, 4.69) is 15.2 Å². The molecule has 0 bridgehead atoms. The smallest absolute Gasteiger partial charge is 0.236 e. The van der Waals surface area contributed by atoms with E-state index in [1.54, 1.807) is 6.26 Å². The highest BCUT2D eigenvalue weighted by molar-refractivity contribution is 5.85. The molecule has 0 aromatic carbocycles. The molecule has 0 saturated carbocycles. The van der Waals surface area contributed by atoms with Crippen LogP contribution in [-0.4, -0.2) is 59.5 Å². The first-order valence-corrected chi connectivity index (χ1v) is 6.92. The third kappa shape index (κ3) is 3.50. The Morgan fingerprint density at radius 2 is 2.35 bits per heavy atom. The van der Waals surface area contributed by atoms with E-state index in [4.69, 9.17) is 4.42 Å². The zero-order valence-corrected chi connectivity index (χ0v) is 12.3. The summed E-state index contributed by atoms with van der Waals surface area (Å²) in [6.07, 6.45) is 5.41. The van der Waals surface area contributed by atoms with Gasteiger partial charge >= 0.3 is 0 Å². The van der Waals surface area contributed by atoms with E-state index in [9.17, 15) is 4.79 Å². The summed E-state index contributed by atoms with van der Waals surface area (Å²) in [4.78, 5) is 20.5. The molecule has 0 radical (unpaired) electrons. The highest BCUT2D eigenvalue weighted by Crippen LogP contribution is 2.18. The van der Waals surface area contributed by atoms with Gasteiger partial charge < -0.3 is 14.6 Å². The molecule has 1 aromatic rings. The lowest BCUT2D eigenvalue weighted by atomic mass is 10.0. The average molecular weight is 301 g/mol. The van der Waals surface area contributed by atoms with Crippen LogP contribution >= 0.6 is 12.4 Å². The fourth-order valence-corrected chi connectivity index (χ4v) is 2.98. The van der Waals surface area contributed by atoms with Gasteiger partial charge in [0.05, 0.1) is 12.2 Å². The number of rotatable bonds is 3. The van der Waals surface area contributed by atoms with Gasteiger partial charge in [0.15, 0.2) is 6.39 Å². The monoisotopic (exact) mass is 300 g/mol. The van der Waals surface area contributed by atoms with Crippen molar-refractivity contribution in [1.29, 1.82) is 0 Å². The van der Waals surface area contributed by atoms with Crippen molar-refractivity contribution < 1.29 is 9.21 Å². The predicted molar refractivity (Wildman–Crippen MR) is 76.6 cm³/mol. The van der Waals surface area contributed by atoms with Crippen molar-refractivity contribution in [1.82, 2.24) is 20.1 Å². The van der Waals surface area contributed by atoms with Crippen molar-refractivity contribution in [2.75, 3.05) is 32.7 Å². The van der Waals surface area contributed by atoms with Crippen LogP contribution in [0, 0.1) is 0 Å². The Morgan fingerprint density at radius 3 is 3.10 bits per heavy atom. The maximum Gasteiger partial charge on any atom is 0.236 e. The van der Waals surface area contributed by atoms with Crippen LogP contribution in [0.1, 0.15) is 18.5 Å². The van der Waals surface area contributed by atoms with Crippen molar-refractivity contribution in [2.24, 2.45) is 0 Å². The second-order valence-electron chi connectivity index (χ2n) is 5.27. The molecule has 1 aromatic heterocycles. The quantitative estimate of drug-likeness (QED) is 0.880. The molecular weight excluding hydrogens is 280 g/mol. The minimum Gasteiger partial charge on any atom is -0.451 e. The minimum absolute atomic E-state index is 0. The summed E-state index contributed by atoms with van der Waals surface area (Å²) >= 11 is 0. The molecule has 0 aliphatic carbocycles. The fraction of sp³-hybridized carbons (Fsp3) is 0.692. The SMILES string of the molecule is Cl.O=C1CNCCN1C1CCCN(Cc2cocn2)C1. The standard InChI is InChI=1S/C13H20N4O2.ClH/c18-13-6-14-3-5-17(13)12-2-1-4-16(8-12)7-11-9-19-10-15-11;/h9-10,12,14H,1-8H2;1H. The summed E-state index contributed by atoms with van der Waals surface area (Å²) in [5.74, 6) is 0.236. The van der Waals surface area contributed by atoms with Crippen LogP contribution in [0.5, 0.6) is 0 Å². The number of likely N-dealkylation sites (tertiary alicyclic amines) is 1. The summed E-state index contributed by atoms with van der Waals surface area (Å²) in [6.45, 7) is 5.06. The van der Waals surface area contributed by atoms with Gasteiger partial charge in [0.2, 0.25) is 5.91 Å². The van der Waals surface area contributed by atoms with E-state index in [1.807, 2.05) is 4.90 Å². The molecule has 1 atom stereocenters. The van der Waals surface area contributed by atoms with Crippen molar-refractivity contribution >= 4 is 18.3 Å². The molecule has 3 rings (SSSR count). The highest BCUT2D eigenvalue weighted by Gasteiger charge is 2.29. The van der Waals surface area contributed by atoms with Gasteiger partial charge in [0.25, 0.3) is 0 Å². The number of hydrogen-bond acceptors (Lipinski definition) is 5. The van der Waals surface area contributed by atoms with Gasteiger partial charge in [-0.3, -0.25) is 9.69 Å². The third-order valence-corrected chi connectivity index (χ3v) is 3.92. The van der Waals surface area contributed by atoms with Gasteiger partial charge in [0.1, 0.15) is 6.26 Å². The molecule has 2 fully saturated rings. The summed E-state index contributed by atoms with van der Waals surface area (Å²) in [5, 5.41) is 3.12. The first-order chi connectivity index (χ1) is 9.33. The molecule has 3 heterocycles. The summed E-state index contributed by atoms with van der Waals surface area (Å²) < 4.78 is 5.01. The first-order valence-electron chi connectivity index (χ1n) is 6.92. The van der Waals surface area contributed by atoms with E-state index in [1.165, 1.54) is 6.39 Å². The van der Waals surface area contributed by atoms with Gasteiger partial charge in [-0.1, -0.05) is 0 Å². The van der Waals surface area contributed by atoms with Crippen LogP contribution in [0.2, 0.25) is 0 Å². The van der Waals surface area contributed by atoms with E-state index in [0.29, 0.717) is 12.6 Å². The first kappa shape index (κ1) is 15.3. The Balaban J connectivity index is 0.00000147. The van der Waals surface area contributed by atoms with Gasteiger partial charge in [-0.2, -0.15) is 0 Å². The molecule has 20 heavy (non-hydrogen) atoms. The molecule has 2 aliphatic rings. The van der Waals surface area contributed by atoms with Gasteiger partial charge in [-0.05, 0) is 19.4 Å². The number of piperidine rings is 1. The van der Waals surface area contributed by atoms with Crippen LogP contribution in [-0.2, 0) is 11.3 Å².